The maximum absolute atomic E-state index is 10.7. The topological polar surface area (TPSA) is 231 Å². The van der Waals surface area contributed by atoms with E-state index < -0.39 is 29.8 Å². The Balaban J connectivity index is 0. The lowest BCUT2D eigenvalue weighted by molar-refractivity contribution is 0.0816. The molecule has 0 aliphatic carbocycles. The summed E-state index contributed by atoms with van der Waals surface area (Å²) in [6.07, 6.45) is -4.47. The number of rotatable bonds is 5. The van der Waals surface area contributed by atoms with Gasteiger partial charge in [0.15, 0.2) is 0 Å². The molecule has 27 heavy (non-hydrogen) atoms. The Labute approximate surface area is 158 Å². The number of carbonyl (C=O) groups is 4. The van der Waals surface area contributed by atoms with Crippen LogP contribution in [0.3, 0.4) is 0 Å². The van der Waals surface area contributed by atoms with Crippen LogP contribution >= 0.6 is 11.6 Å². The second-order valence-electron chi connectivity index (χ2n) is 4.96. The average Bonchev–Trinajstić information content (AvgIpc) is 2.50. The molecule has 1 rings (SSSR count). The summed E-state index contributed by atoms with van der Waals surface area (Å²) in [5.74, 6) is 0. The van der Waals surface area contributed by atoms with Crippen LogP contribution in [0.1, 0.15) is 12.5 Å². The van der Waals surface area contributed by atoms with Gasteiger partial charge in [0.2, 0.25) is 0 Å². The van der Waals surface area contributed by atoms with Crippen molar-refractivity contribution < 1.29 is 38.9 Å². The molecule has 0 aliphatic heterocycles. The number of hydrogen-bond donors (Lipinski definition) is 6. The molecule has 0 radical (unpaired) electrons. The minimum absolute atomic E-state index is 0.0444. The Kier molecular flexibility index (Phi) is 12.3. The molecule has 13 heteroatoms. The van der Waals surface area contributed by atoms with E-state index in [0.29, 0.717) is 5.02 Å². The number of amides is 4. The van der Waals surface area contributed by atoms with E-state index in [1.807, 2.05) is 0 Å². The molecule has 0 unspecified atom stereocenters. The van der Waals surface area contributed by atoms with Crippen molar-refractivity contribution in [1.82, 2.24) is 0 Å². The highest BCUT2D eigenvalue weighted by Crippen LogP contribution is 2.26. The van der Waals surface area contributed by atoms with Crippen molar-refractivity contribution >= 4 is 36.0 Å². The maximum atomic E-state index is 10.7. The summed E-state index contributed by atoms with van der Waals surface area (Å²) in [6, 6.07) is 6.86. The smallest absolute Gasteiger partial charge is 0.404 e. The molecule has 1 aromatic rings. The molecule has 0 aliphatic rings. The van der Waals surface area contributed by atoms with E-state index in [1.54, 1.807) is 31.2 Å². The van der Waals surface area contributed by atoms with Crippen LogP contribution in [0, 0.1) is 0 Å². The third-order valence-electron chi connectivity index (χ3n) is 2.61. The normalized spacial score (nSPS) is 9.41. The molecular formula is C14H21ClN4O8. The highest BCUT2D eigenvalue weighted by atomic mass is 35.5. The quantitative estimate of drug-likeness (QED) is 0.410. The number of carbonyl (C=O) groups excluding carboxylic acids is 2. The van der Waals surface area contributed by atoms with Gasteiger partial charge in [0.05, 0.1) is 5.41 Å². The van der Waals surface area contributed by atoms with Gasteiger partial charge in [-0.2, -0.15) is 0 Å². The molecule has 0 aromatic heterocycles. The molecule has 0 saturated heterocycles. The second-order valence-corrected chi connectivity index (χ2v) is 5.40. The van der Waals surface area contributed by atoms with E-state index in [-0.39, 0.29) is 13.2 Å². The first-order valence-electron chi connectivity index (χ1n) is 6.87. The van der Waals surface area contributed by atoms with Gasteiger partial charge in [-0.05, 0) is 24.6 Å². The predicted octanol–water partition coefficient (Wildman–Crippen LogP) is 1.03. The number of hydrogen-bond acceptors (Lipinski definition) is 6. The highest BCUT2D eigenvalue weighted by Gasteiger charge is 2.30. The Morgan fingerprint density at radius 2 is 1.19 bits per heavy atom. The fraction of sp³-hybridized carbons (Fsp3) is 0.286. The maximum Gasteiger partial charge on any atom is 0.404 e. The van der Waals surface area contributed by atoms with Crippen LogP contribution < -0.4 is 22.9 Å². The first kappa shape index (κ1) is 25.8. The molecule has 1 aromatic carbocycles. The summed E-state index contributed by atoms with van der Waals surface area (Å²) < 4.78 is 9.60. The Morgan fingerprint density at radius 3 is 1.44 bits per heavy atom. The molecule has 12 nitrogen and oxygen atoms in total. The number of nitrogens with two attached hydrogens (primary N) is 4. The highest BCUT2D eigenvalue weighted by molar-refractivity contribution is 6.30. The SMILES string of the molecule is CC(COC(N)=O)(COC(N)=O)c1ccc(Cl)cc1.NC(=O)O.NC(=O)O. The van der Waals surface area contributed by atoms with Gasteiger partial charge in [0, 0.05) is 5.02 Å². The molecule has 0 heterocycles. The van der Waals surface area contributed by atoms with Gasteiger partial charge in [0.1, 0.15) is 13.2 Å². The van der Waals surface area contributed by atoms with E-state index in [1.165, 1.54) is 0 Å². The lowest BCUT2D eigenvalue weighted by Gasteiger charge is -2.28. The zero-order chi connectivity index (χ0) is 21.6. The van der Waals surface area contributed by atoms with Crippen LogP contribution in [0.25, 0.3) is 0 Å². The molecule has 152 valence electrons. The van der Waals surface area contributed by atoms with Crippen LogP contribution in [-0.4, -0.2) is 47.8 Å². The van der Waals surface area contributed by atoms with Crippen LogP contribution in [0.5, 0.6) is 0 Å². The van der Waals surface area contributed by atoms with Crippen molar-refractivity contribution in [3.05, 3.63) is 34.9 Å². The summed E-state index contributed by atoms with van der Waals surface area (Å²) in [5, 5.41) is 15.0. The summed E-state index contributed by atoms with van der Waals surface area (Å²) in [6.45, 7) is 1.66. The fourth-order valence-electron chi connectivity index (χ4n) is 1.52. The summed E-state index contributed by atoms with van der Waals surface area (Å²) in [5.41, 5.74) is 18.0. The Morgan fingerprint density at radius 1 is 0.889 bits per heavy atom. The van der Waals surface area contributed by atoms with Crippen LogP contribution in [-0.2, 0) is 14.9 Å². The van der Waals surface area contributed by atoms with Crippen molar-refractivity contribution in [2.75, 3.05) is 13.2 Å². The van der Waals surface area contributed by atoms with E-state index in [0.717, 1.165) is 5.56 Å². The van der Waals surface area contributed by atoms with E-state index in [2.05, 4.69) is 11.5 Å². The monoisotopic (exact) mass is 408 g/mol. The van der Waals surface area contributed by atoms with Crippen LogP contribution in [0.2, 0.25) is 5.02 Å². The number of carboxylic acid groups (broad SMARTS) is 2. The van der Waals surface area contributed by atoms with Gasteiger partial charge in [-0.25, -0.2) is 19.2 Å². The molecule has 0 bridgehead atoms. The van der Waals surface area contributed by atoms with Gasteiger partial charge in [-0.3, -0.25) is 0 Å². The zero-order valence-corrected chi connectivity index (χ0v) is 15.0. The van der Waals surface area contributed by atoms with Gasteiger partial charge < -0.3 is 42.6 Å². The molecule has 0 atom stereocenters. The summed E-state index contributed by atoms with van der Waals surface area (Å²) in [7, 11) is 0. The van der Waals surface area contributed by atoms with Crippen molar-refractivity contribution in [2.24, 2.45) is 22.9 Å². The zero-order valence-electron chi connectivity index (χ0n) is 14.3. The van der Waals surface area contributed by atoms with Crippen LogP contribution in [0.15, 0.2) is 24.3 Å². The molecule has 0 saturated carbocycles. The molecule has 10 N–H and O–H groups in total. The van der Waals surface area contributed by atoms with Gasteiger partial charge in [-0.15, -0.1) is 0 Å². The Hall–Kier alpha value is -3.41. The Bertz CT molecular complexity index is 601. The van der Waals surface area contributed by atoms with Gasteiger partial charge >= 0.3 is 24.4 Å². The largest absolute Gasteiger partial charge is 0.465 e. The number of benzene rings is 1. The minimum atomic E-state index is -1.33. The number of halogens is 1. The lowest BCUT2D eigenvalue weighted by atomic mass is 9.84. The first-order valence-corrected chi connectivity index (χ1v) is 7.25. The standard InChI is InChI=1S/C12H15ClN2O4.2CH3NO2/c1-12(6-18-10(14)16,7-19-11(15)17)8-2-4-9(13)5-3-8;2*2-1(3)4/h2-5H,6-7H2,1H3,(H2,14,16)(H2,15,17);2*2H2,(H,3,4). The molecule has 4 amide bonds. The molecule has 0 fully saturated rings. The summed E-state index contributed by atoms with van der Waals surface area (Å²) >= 11 is 5.81. The van der Waals surface area contributed by atoms with Gasteiger partial charge in [-0.1, -0.05) is 23.7 Å². The third kappa shape index (κ3) is 15.8. The fourth-order valence-corrected chi connectivity index (χ4v) is 1.65. The van der Waals surface area contributed by atoms with Crippen molar-refractivity contribution in [3.63, 3.8) is 0 Å². The van der Waals surface area contributed by atoms with Crippen molar-refractivity contribution in [2.45, 2.75) is 12.3 Å². The molecule has 0 spiro atoms. The van der Waals surface area contributed by atoms with E-state index in [9.17, 15) is 9.59 Å². The van der Waals surface area contributed by atoms with Crippen molar-refractivity contribution in [1.29, 1.82) is 0 Å². The lowest BCUT2D eigenvalue weighted by Crippen LogP contribution is -2.37. The third-order valence-corrected chi connectivity index (χ3v) is 2.86. The molecular weight excluding hydrogens is 388 g/mol. The average molecular weight is 409 g/mol. The van der Waals surface area contributed by atoms with Crippen molar-refractivity contribution in [3.8, 4) is 0 Å². The van der Waals surface area contributed by atoms with E-state index in [4.69, 9.17) is 52.3 Å². The van der Waals surface area contributed by atoms with Gasteiger partial charge in [0.25, 0.3) is 0 Å². The summed E-state index contributed by atoms with van der Waals surface area (Å²) in [4.78, 5) is 39.0. The minimum Gasteiger partial charge on any atom is -0.465 e. The van der Waals surface area contributed by atoms with E-state index >= 15 is 0 Å². The predicted molar refractivity (Wildman–Crippen MR) is 94.3 cm³/mol. The number of ether oxygens (including phenoxy) is 2. The first-order chi connectivity index (χ1) is 12.3. The second kappa shape index (κ2) is 12.9. The van der Waals surface area contributed by atoms with Crippen LogP contribution in [0.4, 0.5) is 19.2 Å². The number of primary amides is 4.